The minimum Gasteiger partial charge on any atom is -0.452 e. The number of hydrogen-bond acceptors (Lipinski definition) is 27. The summed E-state index contributed by atoms with van der Waals surface area (Å²) >= 11 is 0. The van der Waals surface area contributed by atoms with Crippen molar-refractivity contribution in [2.75, 3.05) is 26.4 Å². The molecule has 0 aliphatic carbocycles. The smallest absolute Gasteiger partial charge is 0.338 e. The summed E-state index contributed by atoms with van der Waals surface area (Å²) in [7, 11) is 0. The molecule has 0 spiro atoms. The van der Waals surface area contributed by atoms with E-state index in [-0.39, 0.29) is 66.4 Å². The fraction of sp³-hybridized carbons (Fsp3) is 0.287. The summed E-state index contributed by atoms with van der Waals surface area (Å²) in [6.07, 6.45) is -36.5. The first-order valence-electron chi connectivity index (χ1n) is 42.0. The third kappa shape index (κ3) is 23.7. The SMILES string of the molecule is O=C(OC1C(OC2C(COCc3ccccc3)OC(OC3C(OCc4ccccc4)C(CO)OC(OC4C(COCc5ccccc5)OC(OCc5ccccc5)C(OC(=O)c5ccccc5)C4OC(=O)c4ccccc4)C3OC(=O)c3ccccc3)C(OC(=O)c3ccccc3)C2OC(=O)c2ccccc2)OC(CO)C(OCc2ccccc2)C1O)c1ccccc1. The van der Waals surface area contributed by atoms with Gasteiger partial charge in [-0.15, -0.1) is 0 Å². The van der Waals surface area contributed by atoms with Crippen molar-refractivity contribution in [3.05, 3.63) is 395 Å². The van der Waals surface area contributed by atoms with E-state index >= 15 is 19.2 Å². The Morgan fingerprint density at radius 1 is 0.227 bits per heavy atom. The van der Waals surface area contributed by atoms with Crippen molar-refractivity contribution in [3.8, 4) is 0 Å². The maximum Gasteiger partial charge on any atom is 0.338 e. The average Bonchev–Trinajstić information content (AvgIpc) is 0.756. The van der Waals surface area contributed by atoms with E-state index in [1.165, 1.54) is 72.8 Å². The molecule has 0 radical (unpaired) electrons. The number of carbonyl (C=O) groups excluding carboxylic acids is 6. The van der Waals surface area contributed by atoms with Crippen LogP contribution in [0.5, 0.6) is 0 Å². The van der Waals surface area contributed by atoms with Crippen LogP contribution in [0.15, 0.2) is 334 Å². The van der Waals surface area contributed by atoms with E-state index in [9.17, 15) is 24.9 Å². The van der Waals surface area contributed by atoms with Crippen LogP contribution in [-0.4, -0.2) is 200 Å². The lowest BCUT2D eigenvalue weighted by Crippen LogP contribution is -2.69. The third-order valence-corrected chi connectivity index (χ3v) is 21.8. The first kappa shape index (κ1) is 90.4. The number of aliphatic hydroxyl groups excluding tert-OH is 3. The Bertz CT molecular complexity index is 5260. The van der Waals surface area contributed by atoms with Crippen LogP contribution in [-0.2, 0) is 118 Å². The van der Waals surface area contributed by atoms with Crippen molar-refractivity contribution in [1.82, 2.24) is 0 Å². The van der Waals surface area contributed by atoms with Crippen molar-refractivity contribution in [2.45, 2.75) is 156 Å². The standard InChI is InChI=1S/C101H96O27/c102-56-76-81(113-60-67-38-16-3-17-39-67)80(104)85(120-92(105)70-44-22-6-23-45-70)99(116-76)126-84-79(64-112-59-66-36-14-2-15-37-66)119-101(91(125-97(110)75-54-32-11-33-55-75)88(84)122-94(107)72-48-26-8-27-49-72)128-86-82(114-61-68-40-18-4-19-41-68)77(57-103)117-100(90(86)124-96(109)74-52-30-10-31-53-74)127-83-78(63-111-58-65-34-12-1-13-35-65)118-98(115-62-69-42-20-5-21-43-69)89(123-95(108)73-50-28-9-29-51-73)87(83)121-93(106)71-46-24-7-25-47-71/h1-55,76-91,98-104H,56-64H2. The third-order valence-electron chi connectivity index (χ3n) is 21.8. The molecule has 20 atom stereocenters. The predicted octanol–water partition coefficient (Wildman–Crippen LogP) is 12.6. The minimum atomic E-state index is -2.17. The molecule has 27 nitrogen and oxygen atoms in total. The second kappa shape index (κ2) is 45.4. The lowest BCUT2D eigenvalue weighted by Gasteiger charge is -2.51. The molecule has 4 aliphatic rings. The summed E-state index contributed by atoms with van der Waals surface area (Å²) in [5.41, 5.74) is 3.35. The van der Waals surface area contributed by atoms with Gasteiger partial charge in [0.25, 0.3) is 0 Å². The maximum absolute atomic E-state index is 15.7. The van der Waals surface area contributed by atoms with Crippen molar-refractivity contribution in [2.24, 2.45) is 0 Å². The van der Waals surface area contributed by atoms with Gasteiger partial charge in [-0.3, -0.25) is 0 Å². The van der Waals surface area contributed by atoms with E-state index in [1.54, 1.807) is 200 Å². The zero-order valence-corrected chi connectivity index (χ0v) is 69.3. The topological polar surface area (TPSA) is 329 Å². The Hall–Kier alpha value is -12.4. The Morgan fingerprint density at radius 2 is 0.453 bits per heavy atom. The van der Waals surface area contributed by atoms with Crippen LogP contribution in [0.4, 0.5) is 0 Å². The molecular weight excluding hydrogens is 1650 g/mol. The number of ether oxygens (including phenoxy) is 18. The van der Waals surface area contributed by atoms with E-state index in [2.05, 4.69) is 0 Å². The zero-order valence-electron chi connectivity index (χ0n) is 69.3. The van der Waals surface area contributed by atoms with Gasteiger partial charge in [0.2, 0.25) is 0 Å². The number of hydrogen-bond donors (Lipinski definition) is 3. The highest BCUT2D eigenvalue weighted by Crippen LogP contribution is 2.42. The highest BCUT2D eigenvalue weighted by atomic mass is 16.8. The van der Waals surface area contributed by atoms with Gasteiger partial charge in [0.1, 0.15) is 61.0 Å². The van der Waals surface area contributed by atoms with Gasteiger partial charge in [-0.05, 0) is 101 Å². The maximum atomic E-state index is 15.7. The van der Waals surface area contributed by atoms with Crippen molar-refractivity contribution >= 4 is 35.8 Å². The van der Waals surface area contributed by atoms with Crippen LogP contribution < -0.4 is 0 Å². The molecule has 3 N–H and O–H groups in total. The molecule has 11 aromatic carbocycles. The first-order valence-corrected chi connectivity index (χ1v) is 42.0. The highest BCUT2D eigenvalue weighted by molar-refractivity contribution is 5.92. The number of esters is 6. The van der Waals surface area contributed by atoms with Gasteiger partial charge in [0.15, 0.2) is 61.8 Å². The normalized spacial score (nSPS) is 25.6. The van der Waals surface area contributed by atoms with Crippen molar-refractivity contribution in [1.29, 1.82) is 0 Å². The van der Waals surface area contributed by atoms with Crippen LogP contribution in [0.3, 0.4) is 0 Å². The summed E-state index contributed by atoms with van der Waals surface area (Å²) in [4.78, 5) is 91.7. The van der Waals surface area contributed by atoms with Gasteiger partial charge in [0.05, 0.1) is 92.8 Å². The highest BCUT2D eigenvalue weighted by Gasteiger charge is 2.61. The van der Waals surface area contributed by atoms with E-state index in [0.29, 0.717) is 22.3 Å². The molecule has 4 aliphatic heterocycles. The fourth-order valence-electron chi connectivity index (χ4n) is 15.3. The molecular formula is C101H96O27. The van der Waals surface area contributed by atoms with Gasteiger partial charge in [0, 0.05) is 0 Å². The summed E-state index contributed by atoms with van der Waals surface area (Å²) in [6.45, 7) is -3.44. The van der Waals surface area contributed by atoms with E-state index in [0.717, 1.165) is 5.56 Å². The molecule has 20 unspecified atom stereocenters. The van der Waals surface area contributed by atoms with Crippen molar-refractivity contribution < 1.29 is 129 Å². The summed E-state index contributed by atoms with van der Waals surface area (Å²) in [5, 5.41) is 36.5. The number of aliphatic hydroxyl groups is 3. The van der Waals surface area contributed by atoms with Crippen LogP contribution in [0.2, 0.25) is 0 Å². The molecule has 0 saturated carbocycles. The Morgan fingerprint density at radius 3 is 0.773 bits per heavy atom. The first-order chi connectivity index (χ1) is 62.8. The summed E-state index contributed by atoms with van der Waals surface area (Å²) in [6, 6.07) is 92.2. The molecule has 4 heterocycles. The fourth-order valence-corrected chi connectivity index (χ4v) is 15.3. The molecule has 27 heteroatoms. The van der Waals surface area contributed by atoms with Gasteiger partial charge >= 0.3 is 35.8 Å². The molecule has 128 heavy (non-hydrogen) atoms. The lowest BCUT2D eigenvalue weighted by atomic mass is 9.94. The molecule has 0 amide bonds. The second-order valence-electron chi connectivity index (χ2n) is 30.6. The summed E-state index contributed by atoms with van der Waals surface area (Å²) in [5.74, 6) is -5.99. The molecule has 11 aromatic rings. The quantitative estimate of drug-likeness (QED) is 0.0240. The molecule has 4 fully saturated rings. The van der Waals surface area contributed by atoms with Crippen LogP contribution in [0.1, 0.15) is 90.0 Å². The van der Waals surface area contributed by atoms with E-state index in [4.69, 9.17) is 85.3 Å². The summed E-state index contributed by atoms with van der Waals surface area (Å²) < 4.78 is 124. The molecule has 4 saturated heterocycles. The largest absolute Gasteiger partial charge is 0.452 e. The van der Waals surface area contributed by atoms with E-state index in [1.807, 2.05) is 60.7 Å². The van der Waals surface area contributed by atoms with E-state index < -0.39 is 185 Å². The lowest BCUT2D eigenvalue weighted by molar-refractivity contribution is -0.391. The number of carbonyl (C=O) groups is 6. The van der Waals surface area contributed by atoms with Crippen LogP contribution in [0.25, 0.3) is 0 Å². The van der Waals surface area contributed by atoms with Crippen molar-refractivity contribution in [3.63, 3.8) is 0 Å². The van der Waals surface area contributed by atoms with Gasteiger partial charge in [-0.2, -0.15) is 0 Å². The Kier molecular flexibility index (Phi) is 32.1. The van der Waals surface area contributed by atoms with Crippen LogP contribution >= 0.6 is 0 Å². The van der Waals surface area contributed by atoms with Gasteiger partial charge in [-0.1, -0.05) is 261 Å². The zero-order chi connectivity index (χ0) is 88.3. The number of rotatable bonds is 37. The van der Waals surface area contributed by atoms with Gasteiger partial charge < -0.3 is 101 Å². The minimum absolute atomic E-state index is 0.0288. The van der Waals surface area contributed by atoms with Crippen LogP contribution in [0, 0.1) is 0 Å². The van der Waals surface area contributed by atoms with Gasteiger partial charge in [-0.25, -0.2) is 28.8 Å². The molecule has 0 aromatic heterocycles. The molecule has 662 valence electrons. The number of benzene rings is 11. The predicted molar refractivity (Wildman–Crippen MR) is 457 cm³/mol. The molecule has 0 bridgehead atoms. The Labute approximate surface area is 738 Å². The molecule has 15 rings (SSSR count). The average molecular weight is 1740 g/mol. The monoisotopic (exact) mass is 1740 g/mol. The Balaban J connectivity index is 0.897. The second-order valence-corrected chi connectivity index (χ2v) is 30.6.